The van der Waals surface area contributed by atoms with Gasteiger partial charge in [-0.05, 0) is 36.3 Å². The van der Waals surface area contributed by atoms with Crippen LogP contribution >= 0.6 is 22.9 Å². The van der Waals surface area contributed by atoms with Crippen molar-refractivity contribution in [1.82, 2.24) is 15.5 Å². The van der Waals surface area contributed by atoms with E-state index in [-0.39, 0.29) is 11.9 Å². The summed E-state index contributed by atoms with van der Waals surface area (Å²) in [7, 11) is 0. The molecule has 0 bridgehead atoms. The SMILES string of the molecule is CC1(C)CCC(NC(=O)c2nnc(Cl)s2)C1. The zero-order valence-electron chi connectivity index (χ0n) is 9.29. The third-order valence-electron chi connectivity index (χ3n) is 2.90. The van der Waals surface area contributed by atoms with Gasteiger partial charge in [0.05, 0.1) is 0 Å². The Balaban J connectivity index is 1.94. The van der Waals surface area contributed by atoms with Crippen LogP contribution in [0, 0.1) is 5.41 Å². The molecule has 1 aliphatic carbocycles. The Morgan fingerprint density at radius 3 is 2.81 bits per heavy atom. The summed E-state index contributed by atoms with van der Waals surface area (Å²) >= 11 is 6.74. The van der Waals surface area contributed by atoms with Crippen LogP contribution < -0.4 is 5.32 Å². The molecule has 0 aromatic carbocycles. The zero-order valence-corrected chi connectivity index (χ0v) is 10.9. The second-order valence-corrected chi connectivity index (χ2v) is 6.50. The Morgan fingerprint density at radius 2 is 2.31 bits per heavy atom. The van der Waals surface area contributed by atoms with Gasteiger partial charge < -0.3 is 5.32 Å². The molecule has 1 aromatic heterocycles. The lowest BCUT2D eigenvalue weighted by Crippen LogP contribution is -2.33. The van der Waals surface area contributed by atoms with Gasteiger partial charge in [-0.25, -0.2) is 0 Å². The van der Waals surface area contributed by atoms with Crippen LogP contribution in [-0.4, -0.2) is 22.1 Å². The summed E-state index contributed by atoms with van der Waals surface area (Å²) in [6, 6.07) is 0.255. The Kier molecular flexibility index (Phi) is 3.17. The minimum atomic E-state index is -0.160. The van der Waals surface area contributed by atoms with Crippen molar-refractivity contribution in [2.45, 2.75) is 39.2 Å². The summed E-state index contributed by atoms with van der Waals surface area (Å²) in [5, 5.41) is 10.6. The lowest BCUT2D eigenvalue weighted by Gasteiger charge is -2.17. The molecule has 2 rings (SSSR count). The van der Waals surface area contributed by atoms with Gasteiger partial charge in [0.1, 0.15) is 0 Å². The van der Waals surface area contributed by atoms with E-state index < -0.39 is 0 Å². The van der Waals surface area contributed by atoms with Gasteiger partial charge in [0.25, 0.3) is 5.91 Å². The number of halogens is 1. The van der Waals surface area contributed by atoms with Gasteiger partial charge in [-0.3, -0.25) is 4.79 Å². The molecule has 1 atom stereocenters. The lowest BCUT2D eigenvalue weighted by molar-refractivity contribution is 0.0935. The third kappa shape index (κ3) is 2.71. The molecule has 0 spiro atoms. The van der Waals surface area contributed by atoms with Crippen LogP contribution in [0.5, 0.6) is 0 Å². The molecule has 6 heteroatoms. The second-order valence-electron chi connectivity index (χ2n) is 4.94. The lowest BCUT2D eigenvalue weighted by atomic mass is 9.92. The van der Waals surface area contributed by atoms with E-state index in [9.17, 15) is 4.79 Å². The maximum atomic E-state index is 11.8. The number of hydrogen-bond donors (Lipinski definition) is 1. The average Bonchev–Trinajstić information content (AvgIpc) is 2.73. The van der Waals surface area contributed by atoms with Gasteiger partial charge in [0, 0.05) is 6.04 Å². The van der Waals surface area contributed by atoms with Crippen molar-refractivity contribution in [2.24, 2.45) is 5.41 Å². The number of carbonyl (C=O) groups is 1. The van der Waals surface area contributed by atoms with Crippen LogP contribution in [0.4, 0.5) is 0 Å². The first-order chi connectivity index (χ1) is 7.46. The maximum Gasteiger partial charge on any atom is 0.282 e. The summed E-state index contributed by atoms with van der Waals surface area (Å²) in [6.07, 6.45) is 3.20. The van der Waals surface area contributed by atoms with Crippen molar-refractivity contribution in [3.05, 3.63) is 9.47 Å². The summed E-state index contributed by atoms with van der Waals surface area (Å²) < 4.78 is 0.303. The first-order valence-corrected chi connectivity index (χ1v) is 6.46. The van der Waals surface area contributed by atoms with Crippen molar-refractivity contribution in [1.29, 1.82) is 0 Å². The number of rotatable bonds is 2. The minimum absolute atomic E-state index is 0.160. The van der Waals surface area contributed by atoms with Crippen LogP contribution in [0.1, 0.15) is 42.9 Å². The largest absolute Gasteiger partial charge is 0.347 e. The van der Waals surface area contributed by atoms with E-state index in [4.69, 9.17) is 11.6 Å². The van der Waals surface area contributed by atoms with Gasteiger partial charge in [-0.1, -0.05) is 25.2 Å². The molecule has 1 aliphatic rings. The second kappa shape index (κ2) is 4.30. The zero-order chi connectivity index (χ0) is 11.8. The predicted molar refractivity (Wildman–Crippen MR) is 63.8 cm³/mol. The minimum Gasteiger partial charge on any atom is -0.347 e. The number of amides is 1. The summed E-state index contributed by atoms with van der Waals surface area (Å²) in [6.45, 7) is 4.45. The molecule has 0 saturated heterocycles. The van der Waals surface area contributed by atoms with Crippen LogP contribution in [-0.2, 0) is 0 Å². The van der Waals surface area contributed by atoms with Crippen molar-refractivity contribution in [3.63, 3.8) is 0 Å². The molecule has 16 heavy (non-hydrogen) atoms. The molecule has 88 valence electrons. The van der Waals surface area contributed by atoms with E-state index in [1.807, 2.05) is 0 Å². The van der Waals surface area contributed by atoms with E-state index in [1.54, 1.807) is 0 Å². The van der Waals surface area contributed by atoms with E-state index in [0.717, 1.165) is 30.6 Å². The molecular weight excluding hydrogens is 246 g/mol. The van der Waals surface area contributed by atoms with E-state index >= 15 is 0 Å². The number of carbonyl (C=O) groups excluding carboxylic acids is 1. The van der Waals surface area contributed by atoms with Crippen LogP contribution in [0.3, 0.4) is 0 Å². The van der Waals surface area contributed by atoms with E-state index in [1.165, 1.54) is 0 Å². The number of nitrogens with one attached hydrogen (secondary N) is 1. The topological polar surface area (TPSA) is 54.9 Å². The summed E-state index contributed by atoms with van der Waals surface area (Å²) in [4.78, 5) is 11.8. The first kappa shape index (κ1) is 11.8. The molecule has 1 N–H and O–H groups in total. The van der Waals surface area contributed by atoms with Crippen LogP contribution in [0.15, 0.2) is 0 Å². The van der Waals surface area contributed by atoms with E-state index in [2.05, 4.69) is 29.4 Å². The van der Waals surface area contributed by atoms with Crippen LogP contribution in [0.2, 0.25) is 4.47 Å². The molecule has 4 nitrogen and oxygen atoms in total. The predicted octanol–water partition coefficient (Wildman–Crippen LogP) is 2.50. The average molecular weight is 260 g/mol. The normalized spacial score (nSPS) is 23.3. The number of aromatic nitrogens is 2. The Hall–Kier alpha value is -0.680. The van der Waals surface area contributed by atoms with Gasteiger partial charge >= 0.3 is 0 Å². The van der Waals surface area contributed by atoms with Gasteiger partial charge in [-0.15, -0.1) is 10.2 Å². The first-order valence-electron chi connectivity index (χ1n) is 5.26. The number of nitrogens with zero attached hydrogens (tertiary/aromatic N) is 2. The quantitative estimate of drug-likeness (QED) is 0.888. The molecule has 1 aromatic rings. The highest BCUT2D eigenvalue weighted by Gasteiger charge is 2.32. The van der Waals surface area contributed by atoms with Crippen molar-refractivity contribution in [3.8, 4) is 0 Å². The monoisotopic (exact) mass is 259 g/mol. The van der Waals surface area contributed by atoms with Crippen molar-refractivity contribution < 1.29 is 4.79 Å². The fourth-order valence-corrected chi connectivity index (χ4v) is 2.84. The fourth-order valence-electron chi connectivity index (χ4n) is 2.10. The summed E-state index contributed by atoms with van der Waals surface area (Å²) in [5.41, 5.74) is 0.330. The van der Waals surface area contributed by atoms with Crippen LogP contribution in [0.25, 0.3) is 0 Å². The highest BCUT2D eigenvalue weighted by Crippen LogP contribution is 2.37. The number of hydrogen-bond acceptors (Lipinski definition) is 4. The van der Waals surface area contributed by atoms with Gasteiger partial charge in [-0.2, -0.15) is 0 Å². The van der Waals surface area contributed by atoms with Gasteiger partial charge in [0.2, 0.25) is 9.47 Å². The summed E-state index contributed by atoms with van der Waals surface area (Å²) in [5.74, 6) is -0.160. The Morgan fingerprint density at radius 1 is 1.56 bits per heavy atom. The smallest absolute Gasteiger partial charge is 0.282 e. The van der Waals surface area contributed by atoms with Crippen molar-refractivity contribution in [2.75, 3.05) is 0 Å². The molecule has 1 unspecified atom stereocenters. The maximum absolute atomic E-state index is 11.8. The molecule has 0 aliphatic heterocycles. The molecule has 1 heterocycles. The molecule has 1 saturated carbocycles. The molecule has 1 fully saturated rings. The Labute approximate surface area is 103 Å². The van der Waals surface area contributed by atoms with E-state index in [0.29, 0.717) is 14.9 Å². The Bertz CT molecular complexity index is 405. The molecular formula is C10H14ClN3OS. The third-order valence-corrected chi connectivity index (χ3v) is 3.92. The molecule has 1 amide bonds. The highest BCUT2D eigenvalue weighted by molar-refractivity contribution is 7.17. The van der Waals surface area contributed by atoms with Gasteiger partial charge in [0.15, 0.2) is 0 Å². The highest BCUT2D eigenvalue weighted by atomic mass is 35.5. The fraction of sp³-hybridized carbons (Fsp3) is 0.700. The molecule has 0 radical (unpaired) electrons. The standard InChI is InChI=1S/C10H14ClN3OS/c1-10(2)4-3-6(5-10)12-7(15)8-13-14-9(11)16-8/h6H,3-5H2,1-2H3,(H,12,15). The van der Waals surface area contributed by atoms with Crippen molar-refractivity contribution >= 4 is 28.8 Å².